The molecule has 1 atom stereocenters. The molecule has 1 saturated heterocycles. The van der Waals surface area contributed by atoms with E-state index in [2.05, 4.69) is 10.0 Å². The Bertz CT molecular complexity index is 877. The first kappa shape index (κ1) is 22.4. The molecule has 1 aliphatic heterocycles. The summed E-state index contributed by atoms with van der Waals surface area (Å²) in [6.07, 6.45) is 3.12. The Hall–Kier alpha value is -1.91. The van der Waals surface area contributed by atoms with Crippen LogP contribution in [0.1, 0.15) is 34.5 Å². The summed E-state index contributed by atoms with van der Waals surface area (Å²) in [6, 6.07) is 7.96. The number of rotatable bonds is 8. The van der Waals surface area contributed by atoms with Crippen molar-refractivity contribution < 1.29 is 22.4 Å². The van der Waals surface area contributed by atoms with Gasteiger partial charge in [-0.1, -0.05) is 12.1 Å². The van der Waals surface area contributed by atoms with Gasteiger partial charge in [-0.2, -0.15) is 0 Å². The number of furan rings is 1. The number of hydrogen-bond acceptors (Lipinski definition) is 6. The Balaban J connectivity index is 0.00000280. The van der Waals surface area contributed by atoms with Crippen LogP contribution in [0.15, 0.2) is 45.9 Å². The van der Waals surface area contributed by atoms with Gasteiger partial charge in [0, 0.05) is 19.7 Å². The Labute approximate surface area is 170 Å². The van der Waals surface area contributed by atoms with E-state index in [1.165, 1.54) is 18.4 Å². The number of hydrogen-bond donors (Lipinski definition) is 3. The number of nitrogens with two attached hydrogens (primary N) is 1. The molecule has 4 N–H and O–H groups in total. The second-order valence-electron chi connectivity index (χ2n) is 6.32. The summed E-state index contributed by atoms with van der Waals surface area (Å²) < 4.78 is 37.8. The van der Waals surface area contributed by atoms with E-state index in [0.29, 0.717) is 17.9 Å². The summed E-state index contributed by atoms with van der Waals surface area (Å²) in [5.41, 5.74) is 6.63. The molecule has 1 unspecified atom stereocenters. The molecule has 2 heterocycles. The standard InChI is InChI=1S/C18H23N3O5S.ClH/c19-9-16-8-14(12-26-16)18(22)20-10-13-3-5-17(6-4-13)27(23,24)21-11-15-2-1-7-25-15;/h3-6,8,12,15,21H,1-2,7,9-11,19H2,(H,20,22);1H. The number of sulfonamides is 1. The van der Waals surface area contributed by atoms with Gasteiger partial charge in [0.05, 0.1) is 23.1 Å². The smallest absolute Gasteiger partial charge is 0.254 e. The van der Waals surface area contributed by atoms with Gasteiger partial charge in [-0.3, -0.25) is 4.79 Å². The Morgan fingerprint density at radius 3 is 2.61 bits per heavy atom. The quantitative estimate of drug-likeness (QED) is 0.584. The van der Waals surface area contributed by atoms with E-state index in [0.717, 1.165) is 18.4 Å². The molecule has 2 aromatic rings. The molecule has 1 fully saturated rings. The number of carbonyl (C=O) groups excluding carboxylic acids is 1. The molecule has 0 bridgehead atoms. The predicted molar refractivity (Wildman–Crippen MR) is 106 cm³/mol. The largest absolute Gasteiger partial charge is 0.467 e. The molecule has 3 rings (SSSR count). The molecule has 154 valence electrons. The molecule has 0 saturated carbocycles. The van der Waals surface area contributed by atoms with E-state index >= 15 is 0 Å². The van der Waals surface area contributed by atoms with E-state index in [1.807, 2.05) is 0 Å². The van der Waals surface area contributed by atoms with Gasteiger partial charge in [0.15, 0.2) is 0 Å². The maximum Gasteiger partial charge on any atom is 0.254 e. The van der Waals surface area contributed by atoms with Crippen molar-refractivity contribution in [2.45, 2.75) is 36.9 Å². The molecule has 0 spiro atoms. The first-order chi connectivity index (χ1) is 13.0. The van der Waals surface area contributed by atoms with Crippen LogP contribution in [0.5, 0.6) is 0 Å². The fourth-order valence-electron chi connectivity index (χ4n) is 2.77. The fraction of sp³-hybridized carbons (Fsp3) is 0.389. The van der Waals surface area contributed by atoms with Crippen LogP contribution in [0.2, 0.25) is 0 Å². The fourth-order valence-corrected chi connectivity index (χ4v) is 3.84. The lowest BCUT2D eigenvalue weighted by atomic mass is 10.2. The molecular weight excluding hydrogens is 406 g/mol. The summed E-state index contributed by atoms with van der Waals surface area (Å²) in [6.45, 7) is 1.45. The van der Waals surface area contributed by atoms with Crippen molar-refractivity contribution in [2.24, 2.45) is 5.73 Å². The normalized spacial score (nSPS) is 16.5. The molecule has 0 aliphatic carbocycles. The highest BCUT2D eigenvalue weighted by Gasteiger charge is 2.20. The van der Waals surface area contributed by atoms with Gasteiger partial charge in [-0.05, 0) is 36.6 Å². The van der Waals surface area contributed by atoms with Gasteiger partial charge in [-0.15, -0.1) is 12.4 Å². The number of benzene rings is 1. The zero-order valence-corrected chi connectivity index (χ0v) is 16.9. The number of nitrogens with one attached hydrogen (secondary N) is 2. The highest BCUT2D eigenvalue weighted by atomic mass is 35.5. The zero-order valence-electron chi connectivity index (χ0n) is 15.2. The lowest BCUT2D eigenvalue weighted by Gasteiger charge is -2.12. The van der Waals surface area contributed by atoms with E-state index in [-0.39, 0.29) is 48.9 Å². The van der Waals surface area contributed by atoms with Gasteiger partial charge < -0.3 is 20.2 Å². The lowest BCUT2D eigenvalue weighted by molar-refractivity contribution is 0.0950. The molecule has 8 nitrogen and oxygen atoms in total. The predicted octanol–water partition coefficient (Wildman–Crippen LogP) is 1.55. The minimum absolute atomic E-state index is 0. The monoisotopic (exact) mass is 429 g/mol. The summed E-state index contributed by atoms with van der Waals surface area (Å²) in [5.74, 6) is 0.249. The first-order valence-electron chi connectivity index (χ1n) is 8.74. The Morgan fingerprint density at radius 1 is 1.25 bits per heavy atom. The van der Waals surface area contributed by atoms with Crippen LogP contribution < -0.4 is 15.8 Å². The van der Waals surface area contributed by atoms with Crippen LogP contribution in [-0.2, 0) is 27.8 Å². The average Bonchev–Trinajstić information content (AvgIpc) is 3.36. The second kappa shape index (κ2) is 10.0. The summed E-state index contributed by atoms with van der Waals surface area (Å²) >= 11 is 0. The van der Waals surface area contributed by atoms with Crippen molar-refractivity contribution in [2.75, 3.05) is 13.2 Å². The van der Waals surface area contributed by atoms with Gasteiger partial charge in [-0.25, -0.2) is 13.1 Å². The van der Waals surface area contributed by atoms with Crippen molar-refractivity contribution in [3.8, 4) is 0 Å². The van der Waals surface area contributed by atoms with Crippen LogP contribution in [0.25, 0.3) is 0 Å². The molecule has 1 aromatic heterocycles. The van der Waals surface area contributed by atoms with E-state index in [9.17, 15) is 13.2 Å². The van der Waals surface area contributed by atoms with Gasteiger partial charge in [0.1, 0.15) is 12.0 Å². The molecule has 28 heavy (non-hydrogen) atoms. The minimum Gasteiger partial charge on any atom is -0.467 e. The number of carbonyl (C=O) groups is 1. The molecule has 10 heteroatoms. The van der Waals surface area contributed by atoms with Crippen LogP contribution in [-0.4, -0.2) is 33.6 Å². The van der Waals surface area contributed by atoms with Crippen LogP contribution in [0.4, 0.5) is 0 Å². The topological polar surface area (TPSA) is 124 Å². The maximum atomic E-state index is 12.3. The SMILES string of the molecule is Cl.NCc1cc(C(=O)NCc2ccc(S(=O)(=O)NCC3CCCO3)cc2)co1. The molecule has 1 amide bonds. The number of amides is 1. The number of ether oxygens (including phenoxy) is 1. The summed E-state index contributed by atoms with van der Waals surface area (Å²) in [5, 5.41) is 2.75. The third kappa shape index (κ3) is 5.79. The van der Waals surface area contributed by atoms with E-state index in [1.54, 1.807) is 18.2 Å². The average molecular weight is 430 g/mol. The van der Waals surface area contributed by atoms with Crippen molar-refractivity contribution in [3.05, 3.63) is 53.5 Å². The van der Waals surface area contributed by atoms with Gasteiger partial charge in [0.2, 0.25) is 10.0 Å². The van der Waals surface area contributed by atoms with E-state index in [4.69, 9.17) is 14.9 Å². The van der Waals surface area contributed by atoms with Gasteiger partial charge in [0.25, 0.3) is 5.91 Å². The zero-order chi connectivity index (χ0) is 19.3. The van der Waals surface area contributed by atoms with Crippen LogP contribution >= 0.6 is 12.4 Å². The summed E-state index contributed by atoms with van der Waals surface area (Å²) in [4.78, 5) is 12.2. The maximum absolute atomic E-state index is 12.3. The lowest BCUT2D eigenvalue weighted by Crippen LogP contribution is -2.31. The van der Waals surface area contributed by atoms with E-state index < -0.39 is 10.0 Å². The van der Waals surface area contributed by atoms with Crippen LogP contribution in [0, 0.1) is 0 Å². The third-order valence-electron chi connectivity index (χ3n) is 4.33. The van der Waals surface area contributed by atoms with Gasteiger partial charge >= 0.3 is 0 Å². The number of halogens is 1. The Morgan fingerprint density at radius 2 is 2.00 bits per heavy atom. The highest BCUT2D eigenvalue weighted by molar-refractivity contribution is 7.89. The first-order valence-corrected chi connectivity index (χ1v) is 10.2. The third-order valence-corrected chi connectivity index (χ3v) is 5.77. The van der Waals surface area contributed by atoms with Crippen molar-refractivity contribution in [1.29, 1.82) is 0 Å². The van der Waals surface area contributed by atoms with Crippen molar-refractivity contribution in [3.63, 3.8) is 0 Å². The molecule has 0 radical (unpaired) electrons. The van der Waals surface area contributed by atoms with Crippen molar-refractivity contribution >= 4 is 28.3 Å². The minimum atomic E-state index is -3.58. The van der Waals surface area contributed by atoms with Crippen molar-refractivity contribution in [1.82, 2.24) is 10.0 Å². The second-order valence-corrected chi connectivity index (χ2v) is 8.09. The molecule has 1 aromatic carbocycles. The molecule has 1 aliphatic rings. The van der Waals surface area contributed by atoms with Crippen LogP contribution in [0.3, 0.4) is 0 Å². The molecular formula is C18H24ClN3O5S. The summed E-state index contributed by atoms with van der Waals surface area (Å²) in [7, 11) is -3.58. The Kier molecular flexibility index (Phi) is 8.02. The highest BCUT2D eigenvalue weighted by Crippen LogP contribution is 2.14.